The topological polar surface area (TPSA) is 0 Å². The zero-order valence-electron chi connectivity index (χ0n) is 18.5. The summed E-state index contributed by atoms with van der Waals surface area (Å²) in [6.45, 7) is 0. The molecule has 0 atom stereocenters. The molecule has 0 saturated carbocycles. The van der Waals surface area contributed by atoms with Crippen LogP contribution in [-0.2, 0) is 20.2 Å². The van der Waals surface area contributed by atoms with Crippen LogP contribution >= 0.6 is 7.92 Å². The van der Waals surface area contributed by atoms with Crippen molar-refractivity contribution in [1.29, 1.82) is 0 Å². The first-order chi connectivity index (χ1) is 16.8. The maximum Gasteiger partial charge on any atom is -0.0166 e. The van der Waals surface area contributed by atoms with Crippen LogP contribution in [0.3, 0.4) is 0 Å². The van der Waals surface area contributed by atoms with E-state index in [1.54, 1.807) is 0 Å². The standard InChI is InChI=1S/C21H16P.C9H7.2FH.Ti/c1-3-11-19(12-4-1)22(20-13-5-2-6-14-20)21-15-17-9-7-8-10-18(17)16-21;1-2-5-9-7-3-6-8(9)4-1;;;/h1-16H;1-7H;2*1H;/q2*-1;;;+2/p-2. The molecule has 0 nitrogen and oxygen atoms in total. The molecule has 6 rings (SSSR count). The van der Waals surface area contributed by atoms with E-state index in [9.17, 15) is 6.18 Å². The van der Waals surface area contributed by atoms with Crippen molar-refractivity contribution in [3.05, 3.63) is 140 Å². The SMILES string of the molecule is [F][Ti][F].c1ccc(P(c2ccccc2)c2cc3ccccc3[cH-]2)cc1.c1ccc2[cH-]ccc2c1. The van der Waals surface area contributed by atoms with Gasteiger partial charge in [0.2, 0.25) is 0 Å². The van der Waals surface area contributed by atoms with Crippen molar-refractivity contribution in [2.75, 3.05) is 0 Å². The molecule has 0 aliphatic rings. The molecule has 0 aliphatic heterocycles. The van der Waals surface area contributed by atoms with Gasteiger partial charge in [-0.3, -0.25) is 0 Å². The fraction of sp³-hybridized carbons (Fsp3) is 0. The average molecular weight is 500 g/mol. The number of benzene rings is 4. The Morgan fingerprint density at radius 3 is 1.62 bits per heavy atom. The molecule has 0 aromatic heterocycles. The van der Waals surface area contributed by atoms with Crippen LogP contribution in [-0.4, -0.2) is 0 Å². The normalized spacial score (nSPS) is 10.3. The van der Waals surface area contributed by atoms with E-state index in [0.29, 0.717) is 0 Å². The summed E-state index contributed by atoms with van der Waals surface area (Å²) >= 11 is -2.50. The van der Waals surface area contributed by atoms with Crippen molar-refractivity contribution in [3.63, 3.8) is 0 Å². The summed E-state index contributed by atoms with van der Waals surface area (Å²) in [5, 5.41) is 9.55. The van der Waals surface area contributed by atoms with Crippen LogP contribution in [0, 0.1) is 0 Å². The molecule has 0 fully saturated rings. The number of hydrogen-bond donors (Lipinski definition) is 0. The molecule has 0 spiro atoms. The summed E-state index contributed by atoms with van der Waals surface area (Å²) < 4.78 is 19.5. The van der Waals surface area contributed by atoms with Crippen molar-refractivity contribution in [3.8, 4) is 0 Å². The second kappa shape index (κ2) is 12.5. The molecule has 6 aromatic carbocycles. The summed E-state index contributed by atoms with van der Waals surface area (Å²) in [5.74, 6) is 0. The third kappa shape index (κ3) is 6.16. The molecule has 0 N–H and O–H groups in total. The van der Waals surface area contributed by atoms with Crippen LogP contribution in [0.1, 0.15) is 0 Å². The molecule has 168 valence electrons. The summed E-state index contributed by atoms with van der Waals surface area (Å²) in [6.07, 6.45) is 0. The van der Waals surface area contributed by atoms with Crippen molar-refractivity contribution in [2.45, 2.75) is 0 Å². The average Bonchev–Trinajstić information content (AvgIpc) is 3.53. The Morgan fingerprint density at radius 2 is 1.06 bits per heavy atom. The van der Waals surface area contributed by atoms with Gasteiger partial charge in [0.05, 0.1) is 0 Å². The Balaban J connectivity index is 0.000000189. The van der Waals surface area contributed by atoms with E-state index in [4.69, 9.17) is 0 Å². The first kappa shape index (κ1) is 24.2. The Bertz CT molecular complexity index is 1300. The molecule has 34 heavy (non-hydrogen) atoms. The van der Waals surface area contributed by atoms with Crippen molar-refractivity contribution in [1.82, 2.24) is 0 Å². The quantitative estimate of drug-likeness (QED) is 0.133. The second-order valence-corrected chi connectivity index (χ2v) is 10.0. The predicted molar refractivity (Wildman–Crippen MR) is 140 cm³/mol. The van der Waals surface area contributed by atoms with Crippen LogP contribution in [0.5, 0.6) is 0 Å². The smallest absolute Gasteiger partial charge is 0.0166 e. The van der Waals surface area contributed by atoms with Crippen LogP contribution in [0.15, 0.2) is 140 Å². The summed E-state index contributed by atoms with van der Waals surface area (Å²) in [7, 11) is -0.493. The van der Waals surface area contributed by atoms with Gasteiger partial charge in [0.25, 0.3) is 0 Å². The zero-order valence-corrected chi connectivity index (χ0v) is 20.9. The van der Waals surface area contributed by atoms with E-state index in [2.05, 4.69) is 140 Å². The van der Waals surface area contributed by atoms with Crippen molar-refractivity contribution >= 4 is 45.4 Å². The van der Waals surface area contributed by atoms with Gasteiger partial charge in [-0.1, -0.05) is 72.8 Å². The van der Waals surface area contributed by atoms with Gasteiger partial charge in [0.15, 0.2) is 0 Å². The van der Waals surface area contributed by atoms with Gasteiger partial charge in [0, 0.05) is 0 Å². The third-order valence-corrected chi connectivity index (χ3v) is 7.84. The van der Waals surface area contributed by atoms with E-state index in [0.717, 1.165) is 0 Å². The minimum atomic E-state index is -2.50. The molecule has 0 radical (unpaired) electrons. The summed E-state index contributed by atoms with van der Waals surface area (Å²) in [5.41, 5.74) is 0. The van der Waals surface area contributed by atoms with Gasteiger partial charge in [-0.25, -0.2) is 0 Å². The van der Waals surface area contributed by atoms with Crippen LogP contribution in [0.25, 0.3) is 21.5 Å². The van der Waals surface area contributed by atoms with Gasteiger partial charge in [-0.05, 0) is 18.5 Å². The van der Waals surface area contributed by atoms with Crippen LogP contribution in [0.4, 0.5) is 6.18 Å². The van der Waals surface area contributed by atoms with E-state index >= 15 is 0 Å². The van der Waals surface area contributed by atoms with E-state index in [-0.39, 0.29) is 0 Å². The number of hydrogen-bond acceptors (Lipinski definition) is 0. The molecule has 0 amide bonds. The van der Waals surface area contributed by atoms with Crippen LogP contribution < -0.4 is 15.9 Å². The van der Waals surface area contributed by atoms with Crippen LogP contribution in [0.2, 0.25) is 0 Å². The molecule has 4 heteroatoms. The fourth-order valence-corrected chi connectivity index (χ4v) is 6.31. The number of halogens is 2. The third-order valence-electron chi connectivity index (χ3n) is 5.44. The predicted octanol–water partition coefficient (Wildman–Crippen LogP) is 7.71. The van der Waals surface area contributed by atoms with E-state index in [1.165, 1.54) is 37.5 Å². The second-order valence-electron chi connectivity index (χ2n) is 7.58. The molecule has 0 unspecified atom stereocenters. The Morgan fingerprint density at radius 1 is 0.559 bits per heavy atom. The number of rotatable bonds is 3. The summed E-state index contributed by atoms with van der Waals surface area (Å²) in [6, 6.07) is 49.7. The van der Waals surface area contributed by atoms with Crippen molar-refractivity contribution < 1.29 is 26.4 Å². The van der Waals surface area contributed by atoms with E-state index in [1.807, 2.05) is 0 Å². The monoisotopic (exact) mass is 500 g/mol. The molecule has 0 heterocycles. The summed E-state index contributed by atoms with van der Waals surface area (Å²) in [4.78, 5) is 0. The Labute approximate surface area is 210 Å². The molecule has 0 saturated heterocycles. The van der Waals surface area contributed by atoms with Gasteiger partial charge in [-0.15, -0.1) is 70.0 Å². The molecular formula is C30H23F2PTi-2. The maximum absolute atomic E-state index is 9.75. The van der Waals surface area contributed by atoms with E-state index < -0.39 is 28.1 Å². The molecular weight excluding hydrogens is 477 g/mol. The number of fused-ring (bicyclic) bond motifs is 2. The maximum atomic E-state index is 9.75. The van der Waals surface area contributed by atoms with Gasteiger partial charge < -0.3 is 0 Å². The van der Waals surface area contributed by atoms with Gasteiger partial charge in [-0.2, -0.15) is 23.6 Å². The molecule has 0 aliphatic carbocycles. The first-order valence-electron chi connectivity index (χ1n) is 10.9. The zero-order chi connectivity index (χ0) is 23.6. The first-order valence-corrected chi connectivity index (χ1v) is 13.4. The van der Waals surface area contributed by atoms with Gasteiger partial charge in [0.1, 0.15) is 0 Å². The largest absolute Gasteiger partial charge is 0.168 e. The molecule has 0 bridgehead atoms. The van der Waals surface area contributed by atoms with Gasteiger partial charge >= 0.3 is 26.4 Å². The Hall–Kier alpha value is -2.90. The minimum absolute atomic E-state index is 0.493. The molecule has 6 aromatic rings. The van der Waals surface area contributed by atoms with Crippen molar-refractivity contribution in [2.24, 2.45) is 0 Å². The fourth-order valence-electron chi connectivity index (χ4n) is 3.93. The minimum Gasteiger partial charge on any atom is -0.168 e. The Kier molecular flexibility index (Phi) is 8.93.